The second-order valence-electron chi connectivity index (χ2n) is 8.89. The number of fused-ring (bicyclic) bond motifs is 3. The lowest BCUT2D eigenvalue weighted by Gasteiger charge is -2.37. The highest BCUT2D eigenvalue weighted by molar-refractivity contribution is 6.02. The minimum atomic E-state index is -1.58. The van der Waals surface area contributed by atoms with Crippen LogP contribution in [0.4, 0.5) is 5.82 Å². The zero-order valence-electron chi connectivity index (χ0n) is 22.5. The van der Waals surface area contributed by atoms with Gasteiger partial charge in [0.15, 0.2) is 0 Å². The van der Waals surface area contributed by atoms with Crippen LogP contribution in [0.25, 0.3) is 0 Å². The van der Waals surface area contributed by atoms with Crippen molar-refractivity contribution in [2.45, 2.75) is 31.5 Å². The zero-order chi connectivity index (χ0) is 28.3. The average molecular weight is 543 g/mol. The van der Waals surface area contributed by atoms with Crippen LogP contribution in [-0.2, 0) is 45.5 Å². The fraction of sp³-hybridized carbons (Fsp3) is 0.423. The molecule has 13 nitrogen and oxygen atoms in total. The van der Waals surface area contributed by atoms with Crippen LogP contribution in [0.15, 0.2) is 41.7 Å². The summed E-state index contributed by atoms with van der Waals surface area (Å²) in [5, 5.41) is 1.39. The molecule has 39 heavy (non-hydrogen) atoms. The van der Waals surface area contributed by atoms with E-state index in [0.29, 0.717) is 17.9 Å². The van der Waals surface area contributed by atoms with Gasteiger partial charge in [-0.2, -0.15) is 9.97 Å². The van der Waals surface area contributed by atoms with Gasteiger partial charge in [-0.05, 0) is 12.5 Å². The molecule has 0 saturated heterocycles. The van der Waals surface area contributed by atoms with E-state index in [1.807, 2.05) is 35.2 Å². The number of hydrogen-bond acceptors (Lipinski definition) is 13. The van der Waals surface area contributed by atoms with Crippen LogP contribution in [0.3, 0.4) is 0 Å². The first-order valence-electron chi connectivity index (χ1n) is 12.0. The number of anilines is 1. The van der Waals surface area contributed by atoms with Crippen LogP contribution >= 0.6 is 0 Å². The maximum Gasteiger partial charge on any atom is 0.376 e. The van der Waals surface area contributed by atoms with E-state index in [-0.39, 0.29) is 36.2 Å². The summed E-state index contributed by atoms with van der Waals surface area (Å²) in [6, 6.07) is 8.88. The molecule has 4 rings (SSSR count). The summed E-state index contributed by atoms with van der Waals surface area (Å²) in [7, 11) is 6.45. The van der Waals surface area contributed by atoms with Gasteiger partial charge in [0.25, 0.3) is 0 Å². The van der Waals surface area contributed by atoms with Gasteiger partial charge in [0.2, 0.25) is 11.6 Å². The molecule has 0 fully saturated rings. The van der Waals surface area contributed by atoms with Crippen molar-refractivity contribution >= 4 is 23.7 Å². The molecule has 13 heteroatoms. The Kier molecular flexibility index (Phi) is 7.90. The normalized spacial score (nSPS) is 20.3. The third kappa shape index (κ3) is 4.80. The summed E-state index contributed by atoms with van der Waals surface area (Å²) in [5.41, 5.74) is -0.493. The van der Waals surface area contributed by atoms with Crippen molar-refractivity contribution in [2.24, 2.45) is 0 Å². The van der Waals surface area contributed by atoms with Crippen LogP contribution < -0.4 is 14.4 Å². The molecule has 0 aliphatic carbocycles. The van der Waals surface area contributed by atoms with Gasteiger partial charge in [-0.1, -0.05) is 30.3 Å². The van der Waals surface area contributed by atoms with Gasteiger partial charge in [0, 0.05) is 13.1 Å². The van der Waals surface area contributed by atoms with Gasteiger partial charge in [0.1, 0.15) is 16.9 Å². The molecule has 3 heterocycles. The largest absolute Gasteiger partial charge is 0.481 e. The first-order chi connectivity index (χ1) is 18.7. The first kappa shape index (κ1) is 27.6. The van der Waals surface area contributed by atoms with Crippen LogP contribution in [0.2, 0.25) is 0 Å². The van der Waals surface area contributed by atoms with Gasteiger partial charge in [-0.3, -0.25) is 4.79 Å². The number of benzene rings is 1. The molecule has 2 atom stereocenters. The number of hydrogen-bond donors (Lipinski definition) is 0. The van der Waals surface area contributed by atoms with Crippen LogP contribution in [-0.4, -0.2) is 81.1 Å². The van der Waals surface area contributed by atoms with Crippen molar-refractivity contribution in [2.75, 3.05) is 47.0 Å². The summed E-state index contributed by atoms with van der Waals surface area (Å²) in [5.74, 6) is -2.26. The molecular formula is C26H30N4O9. The van der Waals surface area contributed by atoms with E-state index in [2.05, 4.69) is 9.97 Å². The molecule has 208 valence electrons. The lowest BCUT2D eigenvalue weighted by molar-refractivity contribution is -0.193. The molecule has 0 amide bonds. The summed E-state index contributed by atoms with van der Waals surface area (Å²) < 4.78 is 26.0. The smallest absolute Gasteiger partial charge is 0.376 e. The standard InChI is InChI=1S/C26H30N4O9/c1-26-18(23(32)36-4)20(24(33)37-5)39-30(26)16(12-17(31)34-2)14-29(13-15-10-8-7-9-11-15)21-19(26)22(35-3)28-25(27-21)38-6/h7-11,16H,12-14H2,1-6H3. The van der Waals surface area contributed by atoms with E-state index in [1.165, 1.54) is 33.5 Å². The second kappa shape index (κ2) is 11.2. The van der Waals surface area contributed by atoms with E-state index in [0.717, 1.165) is 12.7 Å². The predicted octanol–water partition coefficient (Wildman–Crippen LogP) is 1.51. The minimum absolute atomic E-state index is 0.0148. The number of methoxy groups -OCH3 is 5. The van der Waals surface area contributed by atoms with Crippen molar-refractivity contribution in [1.29, 1.82) is 0 Å². The topological polar surface area (TPSA) is 139 Å². The summed E-state index contributed by atoms with van der Waals surface area (Å²) in [6.07, 6.45) is -0.152. The quantitative estimate of drug-likeness (QED) is 0.352. The molecule has 2 unspecified atom stereocenters. The maximum absolute atomic E-state index is 13.3. The van der Waals surface area contributed by atoms with Gasteiger partial charge in [-0.25, -0.2) is 9.59 Å². The number of ether oxygens (including phenoxy) is 5. The van der Waals surface area contributed by atoms with Crippen molar-refractivity contribution in [3.05, 3.63) is 52.8 Å². The van der Waals surface area contributed by atoms with E-state index < -0.39 is 29.5 Å². The van der Waals surface area contributed by atoms with Crippen molar-refractivity contribution in [3.8, 4) is 11.9 Å². The molecule has 1 aromatic heterocycles. The monoisotopic (exact) mass is 542 g/mol. The number of esters is 3. The molecule has 0 radical (unpaired) electrons. The SMILES string of the molecule is COC(=O)CC1CN(Cc2ccccc2)c2nc(OC)nc(OC)c2C2(C)C(C(=O)OC)=C(C(=O)OC)ON12. The molecule has 2 aliphatic heterocycles. The van der Waals surface area contributed by atoms with Gasteiger partial charge < -0.3 is 33.4 Å². The third-order valence-electron chi connectivity index (χ3n) is 6.71. The second-order valence-corrected chi connectivity index (χ2v) is 8.89. The first-order valence-corrected chi connectivity index (χ1v) is 12.0. The summed E-state index contributed by atoms with van der Waals surface area (Å²) >= 11 is 0. The van der Waals surface area contributed by atoms with Crippen molar-refractivity contribution in [3.63, 3.8) is 0 Å². The number of carbonyl (C=O) groups excluding carboxylic acids is 3. The molecule has 2 aromatic rings. The zero-order valence-corrected chi connectivity index (χ0v) is 22.5. The number of hydroxylamine groups is 2. The predicted molar refractivity (Wildman–Crippen MR) is 134 cm³/mol. The number of aromatic nitrogens is 2. The molecule has 2 aliphatic rings. The van der Waals surface area contributed by atoms with E-state index in [9.17, 15) is 14.4 Å². The molecule has 0 saturated carbocycles. The molecular weight excluding hydrogens is 512 g/mol. The van der Waals surface area contributed by atoms with Crippen molar-refractivity contribution in [1.82, 2.24) is 15.0 Å². The Morgan fingerprint density at radius 2 is 1.67 bits per heavy atom. The van der Waals surface area contributed by atoms with Crippen LogP contribution in [0.1, 0.15) is 24.5 Å². The Morgan fingerprint density at radius 3 is 2.26 bits per heavy atom. The Balaban J connectivity index is 2.06. The lowest BCUT2D eigenvalue weighted by Crippen LogP contribution is -2.50. The van der Waals surface area contributed by atoms with Crippen molar-refractivity contribution < 1.29 is 42.9 Å². The average Bonchev–Trinajstić information content (AvgIpc) is 3.24. The number of rotatable bonds is 8. The Labute approximate surface area is 225 Å². The van der Waals surface area contributed by atoms with Crippen LogP contribution in [0.5, 0.6) is 11.9 Å². The Hall–Kier alpha value is -4.39. The molecule has 0 spiro atoms. The van der Waals surface area contributed by atoms with Gasteiger partial charge in [0.05, 0.1) is 53.6 Å². The maximum atomic E-state index is 13.3. The number of carbonyl (C=O) groups is 3. The molecule has 1 aromatic carbocycles. The highest BCUT2D eigenvalue weighted by Gasteiger charge is 2.60. The fourth-order valence-electron chi connectivity index (χ4n) is 4.95. The van der Waals surface area contributed by atoms with Gasteiger partial charge in [-0.15, -0.1) is 5.06 Å². The van der Waals surface area contributed by atoms with Gasteiger partial charge >= 0.3 is 23.9 Å². The third-order valence-corrected chi connectivity index (χ3v) is 6.71. The number of nitrogens with zero attached hydrogens (tertiary/aromatic N) is 4. The minimum Gasteiger partial charge on any atom is -0.481 e. The van der Waals surface area contributed by atoms with E-state index >= 15 is 0 Å². The lowest BCUT2D eigenvalue weighted by atomic mass is 9.83. The van der Waals surface area contributed by atoms with Crippen LogP contribution in [0, 0.1) is 0 Å². The Bertz CT molecular complexity index is 1300. The highest BCUT2D eigenvalue weighted by Crippen LogP contribution is 2.53. The molecule has 0 bridgehead atoms. The van der Waals surface area contributed by atoms with E-state index in [1.54, 1.807) is 6.92 Å². The van der Waals surface area contributed by atoms with E-state index in [4.69, 9.17) is 28.5 Å². The summed E-state index contributed by atoms with van der Waals surface area (Å²) in [4.78, 5) is 55.7. The highest BCUT2D eigenvalue weighted by atomic mass is 16.7. The summed E-state index contributed by atoms with van der Waals surface area (Å²) in [6.45, 7) is 2.17. The Morgan fingerprint density at radius 1 is 0.974 bits per heavy atom. The molecule has 0 N–H and O–H groups in total. The fourth-order valence-corrected chi connectivity index (χ4v) is 4.95.